The van der Waals surface area contributed by atoms with Crippen molar-refractivity contribution in [3.8, 4) is 0 Å². The average Bonchev–Trinajstić information content (AvgIpc) is 2.84. The van der Waals surface area contributed by atoms with E-state index in [2.05, 4.69) is 14.8 Å². The molecule has 0 atom stereocenters. The van der Waals surface area contributed by atoms with Crippen LogP contribution in [0.25, 0.3) is 0 Å². The summed E-state index contributed by atoms with van der Waals surface area (Å²) in [6.45, 7) is 1.85. The highest BCUT2D eigenvalue weighted by molar-refractivity contribution is 7.93. The lowest BCUT2D eigenvalue weighted by atomic mass is 10.2. The first-order valence-corrected chi connectivity index (χ1v) is 14.7. The Kier molecular flexibility index (Phi) is 7.98. The fourth-order valence-corrected chi connectivity index (χ4v) is 5.93. The molecule has 0 aromatic heterocycles. The lowest BCUT2D eigenvalue weighted by molar-refractivity contribution is 0.102. The molecule has 38 heavy (non-hydrogen) atoms. The number of hydrogen-bond acceptors (Lipinski definition) is 5. The van der Waals surface area contributed by atoms with E-state index in [0.717, 1.165) is 5.56 Å². The number of aryl methyl sites for hydroxylation is 1. The van der Waals surface area contributed by atoms with Gasteiger partial charge in [0.2, 0.25) is 0 Å². The van der Waals surface area contributed by atoms with Crippen LogP contribution in [0.15, 0.2) is 101 Å². The minimum absolute atomic E-state index is 0.0151. The molecule has 0 saturated heterocycles. The van der Waals surface area contributed by atoms with Gasteiger partial charge >= 0.3 is 0 Å². The van der Waals surface area contributed by atoms with Gasteiger partial charge in [0.25, 0.3) is 26.0 Å². The second-order valence-corrected chi connectivity index (χ2v) is 12.4. The van der Waals surface area contributed by atoms with E-state index in [1.807, 2.05) is 6.92 Å². The fourth-order valence-electron chi connectivity index (χ4n) is 3.38. The summed E-state index contributed by atoms with van der Waals surface area (Å²) < 4.78 is 55.4. The van der Waals surface area contributed by atoms with Crippen molar-refractivity contribution in [2.24, 2.45) is 0 Å². The Bertz CT molecular complexity index is 1710. The van der Waals surface area contributed by atoms with E-state index >= 15 is 0 Å². The number of carbonyl (C=O) groups is 1. The largest absolute Gasteiger partial charge is 0.322 e. The Morgan fingerprint density at radius 3 is 1.74 bits per heavy atom. The molecule has 0 saturated carbocycles. The fraction of sp³-hybridized carbons (Fsp3) is 0.0385. The lowest BCUT2D eigenvalue weighted by Gasteiger charge is -2.12. The molecule has 4 aromatic carbocycles. The molecule has 0 unspecified atom stereocenters. The quantitative estimate of drug-likeness (QED) is 0.227. The van der Waals surface area contributed by atoms with Crippen LogP contribution in [-0.2, 0) is 20.0 Å². The van der Waals surface area contributed by atoms with Crippen LogP contribution in [0.1, 0.15) is 15.9 Å². The van der Waals surface area contributed by atoms with Gasteiger partial charge in [-0.25, -0.2) is 16.8 Å². The predicted molar refractivity (Wildman–Crippen MR) is 150 cm³/mol. The van der Waals surface area contributed by atoms with Crippen molar-refractivity contribution in [1.29, 1.82) is 0 Å². The van der Waals surface area contributed by atoms with Gasteiger partial charge in [0, 0.05) is 10.7 Å². The number of nitrogens with one attached hydrogen (secondary N) is 3. The molecule has 0 radical (unpaired) electrons. The van der Waals surface area contributed by atoms with Crippen molar-refractivity contribution in [2.45, 2.75) is 16.7 Å². The molecule has 1 amide bonds. The highest BCUT2D eigenvalue weighted by Crippen LogP contribution is 2.25. The van der Waals surface area contributed by atoms with Gasteiger partial charge in [-0.3, -0.25) is 14.2 Å². The zero-order valence-corrected chi connectivity index (χ0v) is 22.9. The smallest absolute Gasteiger partial charge is 0.261 e. The van der Waals surface area contributed by atoms with E-state index in [-0.39, 0.29) is 26.1 Å². The maximum atomic E-state index is 12.8. The highest BCUT2D eigenvalue weighted by atomic mass is 35.5. The van der Waals surface area contributed by atoms with Gasteiger partial charge in [0.05, 0.1) is 31.8 Å². The maximum absolute atomic E-state index is 12.8. The standard InChI is InChI=1S/C26H21Cl2N3O5S2/c1-17-5-10-22(11-6-17)37(33,34)31-21-9-14-24(25(28)16-21)26(32)29-19-7-12-23(13-8-19)38(35,36)30-20-4-2-3-18(27)15-20/h2-16,30-31H,1H3,(H,29,32). The minimum atomic E-state index is -3.87. The first-order chi connectivity index (χ1) is 17.9. The second-order valence-electron chi connectivity index (χ2n) is 8.21. The Morgan fingerprint density at radius 1 is 0.658 bits per heavy atom. The zero-order valence-electron chi connectivity index (χ0n) is 19.8. The van der Waals surface area contributed by atoms with Gasteiger partial charge in [-0.15, -0.1) is 0 Å². The second kappa shape index (κ2) is 11.0. The maximum Gasteiger partial charge on any atom is 0.261 e. The predicted octanol–water partition coefficient (Wildman–Crippen LogP) is 6.16. The average molecular weight is 591 g/mol. The van der Waals surface area contributed by atoms with Gasteiger partial charge in [-0.2, -0.15) is 0 Å². The van der Waals surface area contributed by atoms with Gasteiger partial charge in [-0.1, -0.05) is 47.0 Å². The molecule has 0 bridgehead atoms. The number of rotatable bonds is 8. The molecular weight excluding hydrogens is 569 g/mol. The number of halogens is 2. The van der Waals surface area contributed by atoms with Crippen molar-refractivity contribution < 1.29 is 21.6 Å². The van der Waals surface area contributed by atoms with Gasteiger partial charge in [0.1, 0.15) is 0 Å². The SMILES string of the molecule is Cc1ccc(S(=O)(=O)Nc2ccc(C(=O)Nc3ccc(S(=O)(=O)Nc4cccc(Cl)c4)cc3)c(Cl)c2)cc1. The Hall–Kier alpha value is -3.57. The van der Waals surface area contributed by atoms with Crippen molar-refractivity contribution in [2.75, 3.05) is 14.8 Å². The number of amides is 1. The van der Waals surface area contributed by atoms with Crippen molar-refractivity contribution in [3.05, 3.63) is 112 Å². The van der Waals surface area contributed by atoms with E-state index < -0.39 is 26.0 Å². The molecule has 0 fully saturated rings. The monoisotopic (exact) mass is 589 g/mol. The number of anilines is 3. The molecule has 4 aromatic rings. The first-order valence-electron chi connectivity index (χ1n) is 11.0. The summed E-state index contributed by atoms with van der Waals surface area (Å²) in [5.74, 6) is -0.560. The Labute approximate surface area is 230 Å². The van der Waals surface area contributed by atoms with Crippen LogP contribution in [-0.4, -0.2) is 22.7 Å². The van der Waals surface area contributed by atoms with Crippen LogP contribution >= 0.6 is 23.2 Å². The number of carbonyl (C=O) groups excluding carboxylic acids is 1. The number of benzene rings is 4. The van der Waals surface area contributed by atoms with Crippen LogP contribution in [0.2, 0.25) is 10.0 Å². The van der Waals surface area contributed by atoms with Gasteiger partial charge in [0.15, 0.2) is 0 Å². The summed E-state index contributed by atoms with van der Waals surface area (Å²) in [5.41, 5.74) is 1.86. The van der Waals surface area contributed by atoms with E-state index in [4.69, 9.17) is 23.2 Å². The minimum Gasteiger partial charge on any atom is -0.322 e. The molecule has 0 aliphatic rings. The molecule has 0 spiro atoms. The third kappa shape index (κ3) is 6.65. The summed E-state index contributed by atoms with van der Waals surface area (Å²) >= 11 is 12.2. The molecule has 3 N–H and O–H groups in total. The van der Waals surface area contributed by atoms with Crippen LogP contribution in [0.3, 0.4) is 0 Å². The van der Waals surface area contributed by atoms with E-state index in [9.17, 15) is 21.6 Å². The summed E-state index contributed by atoms with van der Waals surface area (Å²) in [7, 11) is -7.71. The van der Waals surface area contributed by atoms with Crippen molar-refractivity contribution in [3.63, 3.8) is 0 Å². The van der Waals surface area contributed by atoms with E-state index in [1.165, 1.54) is 60.7 Å². The van der Waals surface area contributed by atoms with Crippen LogP contribution in [0, 0.1) is 6.92 Å². The molecule has 8 nitrogen and oxygen atoms in total. The van der Waals surface area contributed by atoms with Gasteiger partial charge in [-0.05, 0) is 79.7 Å². The molecule has 12 heteroatoms. The molecular formula is C26H21Cl2N3O5S2. The van der Waals surface area contributed by atoms with Crippen LogP contribution in [0.5, 0.6) is 0 Å². The molecule has 196 valence electrons. The molecule has 4 rings (SSSR count). The number of sulfonamides is 2. The van der Waals surface area contributed by atoms with Crippen LogP contribution in [0.4, 0.5) is 17.1 Å². The van der Waals surface area contributed by atoms with E-state index in [1.54, 1.807) is 30.3 Å². The van der Waals surface area contributed by atoms with E-state index in [0.29, 0.717) is 16.4 Å². The summed E-state index contributed by atoms with van der Waals surface area (Å²) in [4.78, 5) is 12.8. The lowest BCUT2D eigenvalue weighted by Crippen LogP contribution is -2.15. The van der Waals surface area contributed by atoms with Crippen LogP contribution < -0.4 is 14.8 Å². The topological polar surface area (TPSA) is 121 Å². The third-order valence-electron chi connectivity index (χ3n) is 5.30. The third-order valence-corrected chi connectivity index (χ3v) is 8.64. The normalized spacial score (nSPS) is 11.6. The van der Waals surface area contributed by atoms with Crippen molar-refractivity contribution >= 4 is 66.2 Å². The van der Waals surface area contributed by atoms with Gasteiger partial charge < -0.3 is 5.32 Å². The highest BCUT2D eigenvalue weighted by Gasteiger charge is 2.18. The van der Waals surface area contributed by atoms with Crippen molar-refractivity contribution in [1.82, 2.24) is 0 Å². The molecule has 0 aliphatic heterocycles. The molecule has 0 heterocycles. The Balaban J connectivity index is 1.44. The first kappa shape index (κ1) is 27.5. The zero-order chi connectivity index (χ0) is 27.5. The summed E-state index contributed by atoms with van der Waals surface area (Å²) in [6.07, 6.45) is 0. The Morgan fingerprint density at radius 2 is 1.18 bits per heavy atom. The number of hydrogen-bond donors (Lipinski definition) is 3. The summed E-state index contributed by atoms with van der Waals surface area (Å²) in [5, 5.41) is 3.05. The summed E-state index contributed by atoms with van der Waals surface area (Å²) in [6, 6.07) is 22.3. The molecule has 0 aliphatic carbocycles.